The molecular weight excluding hydrogens is 460 g/mol. The standard InChI is InChI=1S/C27H38N4O3S/c1-19-5-7-23(8-6-19)26-29-21(3)24(35-26)27(33)31-13-9-22(10-14-31)20(2)25(32)28-11-4-12-30-15-17-34-18-16-30/h5-8,20,22H,4,9-18H2,1-3H3,(H,28,32)/t20-/m1/s1. The maximum atomic E-state index is 13.2. The van der Waals surface area contributed by atoms with Crippen LogP contribution in [0.5, 0.6) is 0 Å². The van der Waals surface area contributed by atoms with E-state index >= 15 is 0 Å². The second-order valence-corrected chi connectivity index (χ2v) is 10.8. The Kier molecular flexibility index (Phi) is 8.92. The minimum absolute atomic E-state index is 0.0334. The summed E-state index contributed by atoms with van der Waals surface area (Å²) >= 11 is 1.48. The number of hydrogen-bond donors (Lipinski definition) is 1. The Morgan fingerprint density at radius 2 is 1.80 bits per heavy atom. The van der Waals surface area contributed by atoms with Crippen LogP contribution in [0.1, 0.15) is 47.1 Å². The molecule has 0 unspecified atom stereocenters. The first-order chi connectivity index (χ1) is 16.9. The number of nitrogens with zero attached hydrogens (tertiary/aromatic N) is 3. The molecule has 2 fully saturated rings. The third-order valence-corrected chi connectivity index (χ3v) is 8.49. The third kappa shape index (κ3) is 6.68. The number of nitrogens with one attached hydrogen (secondary N) is 1. The summed E-state index contributed by atoms with van der Waals surface area (Å²) in [4.78, 5) is 35.7. The van der Waals surface area contributed by atoms with Crippen LogP contribution in [-0.4, -0.2) is 79.1 Å². The van der Waals surface area contributed by atoms with E-state index in [-0.39, 0.29) is 17.7 Å². The SMILES string of the molecule is Cc1ccc(-c2nc(C)c(C(=O)N3CCC([C@@H](C)C(=O)NCCCN4CCOCC4)CC3)s2)cc1. The number of piperidine rings is 1. The molecule has 2 amide bonds. The number of morpholine rings is 1. The number of aromatic nitrogens is 1. The maximum Gasteiger partial charge on any atom is 0.265 e. The topological polar surface area (TPSA) is 74.8 Å². The number of ether oxygens (including phenoxy) is 1. The zero-order valence-electron chi connectivity index (χ0n) is 21.2. The van der Waals surface area contributed by atoms with Crippen LogP contribution in [0.25, 0.3) is 10.6 Å². The molecule has 4 rings (SSSR count). The molecule has 2 aromatic rings. The molecule has 35 heavy (non-hydrogen) atoms. The first-order valence-electron chi connectivity index (χ1n) is 12.8. The molecule has 0 saturated carbocycles. The minimum atomic E-state index is -0.0334. The van der Waals surface area contributed by atoms with E-state index in [0.29, 0.717) is 25.6 Å². The van der Waals surface area contributed by atoms with Gasteiger partial charge in [0.1, 0.15) is 9.88 Å². The van der Waals surface area contributed by atoms with Gasteiger partial charge < -0.3 is 15.0 Å². The van der Waals surface area contributed by atoms with E-state index in [4.69, 9.17) is 4.74 Å². The summed E-state index contributed by atoms with van der Waals surface area (Å²) in [6, 6.07) is 8.25. The maximum absolute atomic E-state index is 13.2. The predicted molar refractivity (Wildman–Crippen MR) is 140 cm³/mol. The Labute approximate surface area is 212 Å². The van der Waals surface area contributed by atoms with Gasteiger partial charge in [-0.25, -0.2) is 4.98 Å². The van der Waals surface area contributed by atoms with Crippen molar-refractivity contribution in [1.29, 1.82) is 0 Å². The van der Waals surface area contributed by atoms with E-state index in [2.05, 4.69) is 46.4 Å². The first kappa shape index (κ1) is 25.8. The highest BCUT2D eigenvalue weighted by molar-refractivity contribution is 7.17. The van der Waals surface area contributed by atoms with Gasteiger partial charge in [-0.05, 0) is 45.6 Å². The summed E-state index contributed by atoms with van der Waals surface area (Å²) < 4.78 is 5.38. The minimum Gasteiger partial charge on any atom is -0.379 e. The normalized spacial score (nSPS) is 18.4. The molecule has 7 nitrogen and oxygen atoms in total. The van der Waals surface area contributed by atoms with Crippen LogP contribution in [0.2, 0.25) is 0 Å². The average molecular weight is 499 g/mol. The largest absolute Gasteiger partial charge is 0.379 e. The van der Waals surface area contributed by atoms with Crippen molar-refractivity contribution < 1.29 is 14.3 Å². The average Bonchev–Trinajstić information content (AvgIpc) is 3.28. The highest BCUT2D eigenvalue weighted by atomic mass is 32.1. The monoisotopic (exact) mass is 498 g/mol. The summed E-state index contributed by atoms with van der Waals surface area (Å²) in [5, 5.41) is 4.01. The Balaban J connectivity index is 1.23. The lowest BCUT2D eigenvalue weighted by atomic mass is 9.84. The van der Waals surface area contributed by atoms with Gasteiger partial charge >= 0.3 is 0 Å². The zero-order valence-corrected chi connectivity index (χ0v) is 22.0. The quantitative estimate of drug-likeness (QED) is 0.561. The van der Waals surface area contributed by atoms with Crippen LogP contribution in [0.3, 0.4) is 0 Å². The van der Waals surface area contributed by atoms with Crippen molar-refractivity contribution in [3.63, 3.8) is 0 Å². The molecule has 190 valence electrons. The predicted octanol–water partition coefficient (Wildman–Crippen LogP) is 3.75. The lowest BCUT2D eigenvalue weighted by molar-refractivity contribution is -0.126. The van der Waals surface area contributed by atoms with Crippen molar-refractivity contribution in [2.45, 2.75) is 40.0 Å². The van der Waals surface area contributed by atoms with E-state index in [1.54, 1.807) is 0 Å². The Morgan fingerprint density at radius 3 is 2.49 bits per heavy atom. The van der Waals surface area contributed by atoms with Crippen molar-refractivity contribution in [1.82, 2.24) is 20.1 Å². The number of amides is 2. The molecule has 0 aliphatic carbocycles. The van der Waals surface area contributed by atoms with Gasteiger partial charge in [-0.3, -0.25) is 14.5 Å². The Hall–Kier alpha value is -2.29. The molecule has 2 saturated heterocycles. The molecule has 1 aromatic carbocycles. The van der Waals surface area contributed by atoms with Crippen molar-refractivity contribution in [2.24, 2.45) is 11.8 Å². The number of aryl methyl sites for hydroxylation is 2. The van der Waals surface area contributed by atoms with Gasteiger partial charge in [-0.15, -0.1) is 11.3 Å². The third-order valence-electron chi connectivity index (χ3n) is 7.29. The van der Waals surface area contributed by atoms with Crippen LogP contribution < -0.4 is 5.32 Å². The van der Waals surface area contributed by atoms with E-state index in [1.807, 2.05) is 18.7 Å². The first-order valence-corrected chi connectivity index (χ1v) is 13.7. The van der Waals surface area contributed by atoms with Crippen molar-refractivity contribution >= 4 is 23.2 Å². The molecule has 3 heterocycles. The van der Waals surface area contributed by atoms with Gasteiger partial charge in [0.05, 0.1) is 18.9 Å². The van der Waals surface area contributed by atoms with Crippen molar-refractivity contribution in [2.75, 3.05) is 52.5 Å². The van der Waals surface area contributed by atoms with Gasteiger partial charge in [0.25, 0.3) is 5.91 Å². The van der Waals surface area contributed by atoms with Crippen LogP contribution in [0, 0.1) is 25.7 Å². The van der Waals surface area contributed by atoms with E-state index in [1.165, 1.54) is 16.9 Å². The Morgan fingerprint density at radius 1 is 1.11 bits per heavy atom. The van der Waals surface area contributed by atoms with Crippen LogP contribution >= 0.6 is 11.3 Å². The molecule has 1 aromatic heterocycles. The lowest BCUT2D eigenvalue weighted by Crippen LogP contribution is -2.43. The fraction of sp³-hybridized carbons (Fsp3) is 0.593. The number of carbonyl (C=O) groups excluding carboxylic acids is 2. The number of thiazole rings is 1. The fourth-order valence-electron chi connectivity index (χ4n) is 4.87. The Bertz CT molecular complexity index is 992. The molecule has 1 atom stereocenters. The van der Waals surface area contributed by atoms with E-state index < -0.39 is 0 Å². The van der Waals surface area contributed by atoms with E-state index in [9.17, 15) is 9.59 Å². The molecule has 2 aliphatic rings. The second-order valence-electron chi connectivity index (χ2n) is 9.82. The van der Waals surface area contributed by atoms with Gasteiger partial charge in [0.15, 0.2) is 0 Å². The summed E-state index contributed by atoms with van der Waals surface area (Å²) in [5.41, 5.74) is 3.05. The van der Waals surface area contributed by atoms with Crippen molar-refractivity contribution in [3.8, 4) is 10.6 Å². The molecule has 8 heteroatoms. The van der Waals surface area contributed by atoms with Crippen LogP contribution in [0.15, 0.2) is 24.3 Å². The van der Waals surface area contributed by atoms with Gasteiger partial charge in [-0.1, -0.05) is 36.8 Å². The summed E-state index contributed by atoms with van der Waals surface area (Å²) in [7, 11) is 0. The highest BCUT2D eigenvalue weighted by Crippen LogP contribution is 2.31. The molecule has 1 N–H and O–H groups in total. The van der Waals surface area contributed by atoms with Crippen LogP contribution in [0.4, 0.5) is 0 Å². The van der Waals surface area contributed by atoms with Gasteiger partial charge in [0.2, 0.25) is 5.91 Å². The lowest BCUT2D eigenvalue weighted by Gasteiger charge is -2.34. The van der Waals surface area contributed by atoms with Crippen LogP contribution in [-0.2, 0) is 9.53 Å². The summed E-state index contributed by atoms with van der Waals surface area (Å²) in [6.07, 6.45) is 2.68. The van der Waals surface area contributed by atoms with Crippen molar-refractivity contribution in [3.05, 3.63) is 40.4 Å². The highest BCUT2D eigenvalue weighted by Gasteiger charge is 2.31. The molecule has 0 spiro atoms. The fourth-order valence-corrected chi connectivity index (χ4v) is 5.91. The van der Waals surface area contributed by atoms with Gasteiger partial charge in [-0.2, -0.15) is 0 Å². The number of likely N-dealkylation sites (tertiary alicyclic amines) is 1. The van der Waals surface area contributed by atoms with E-state index in [0.717, 1.165) is 73.3 Å². The summed E-state index contributed by atoms with van der Waals surface area (Å²) in [5.74, 6) is 0.479. The number of carbonyl (C=O) groups is 2. The smallest absolute Gasteiger partial charge is 0.265 e. The molecule has 2 aliphatic heterocycles. The number of hydrogen-bond acceptors (Lipinski definition) is 6. The van der Waals surface area contributed by atoms with Gasteiger partial charge in [0, 0.05) is 44.2 Å². The summed E-state index contributed by atoms with van der Waals surface area (Å²) in [6.45, 7) is 12.7. The number of rotatable bonds is 8. The number of benzene rings is 1. The molecule has 0 radical (unpaired) electrons. The second kappa shape index (κ2) is 12.1. The molecular formula is C27H38N4O3S. The zero-order chi connectivity index (χ0) is 24.8. The molecule has 0 bridgehead atoms.